The van der Waals surface area contributed by atoms with E-state index in [1.54, 1.807) is 6.07 Å². The summed E-state index contributed by atoms with van der Waals surface area (Å²) < 4.78 is 18.5. The van der Waals surface area contributed by atoms with Gasteiger partial charge in [-0.1, -0.05) is 0 Å². The number of nitrogens with zero attached hydrogens (tertiary/aromatic N) is 1. The van der Waals surface area contributed by atoms with Crippen molar-refractivity contribution < 1.29 is 13.6 Å². The van der Waals surface area contributed by atoms with E-state index in [0.29, 0.717) is 17.1 Å². The first-order chi connectivity index (χ1) is 9.24. The third-order valence-electron chi connectivity index (χ3n) is 3.64. The molecule has 1 aliphatic carbocycles. The van der Waals surface area contributed by atoms with E-state index in [2.05, 4.69) is 10.3 Å². The highest BCUT2D eigenvalue weighted by Crippen LogP contribution is 2.26. The SMILES string of the molecule is O=CC1CCC(Nc2nc3ccc(F)cc3o2)CC1. The van der Waals surface area contributed by atoms with Gasteiger partial charge in [-0.05, 0) is 37.8 Å². The monoisotopic (exact) mass is 262 g/mol. The first-order valence-electron chi connectivity index (χ1n) is 6.52. The minimum Gasteiger partial charge on any atom is -0.423 e. The van der Waals surface area contributed by atoms with Crippen molar-refractivity contribution in [2.24, 2.45) is 5.92 Å². The number of nitrogens with one attached hydrogen (secondary N) is 1. The highest BCUT2D eigenvalue weighted by molar-refractivity contribution is 5.74. The summed E-state index contributed by atoms with van der Waals surface area (Å²) in [7, 11) is 0. The van der Waals surface area contributed by atoms with Gasteiger partial charge in [0.2, 0.25) is 0 Å². The molecular formula is C14H15FN2O2. The van der Waals surface area contributed by atoms with E-state index < -0.39 is 0 Å². The van der Waals surface area contributed by atoms with Crippen molar-refractivity contribution in [2.45, 2.75) is 31.7 Å². The van der Waals surface area contributed by atoms with Gasteiger partial charge in [0.25, 0.3) is 6.01 Å². The molecule has 1 heterocycles. The largest absolute Gasteiger partial charge is 0.423 e. The van der Waals surface area contributed by atoms with E-state index in [9.17, 15) is 9.18 Å². The van der Waals surface area contributed by atoms with Crippen molar-refractivity contribution in [1.29, 1.82) is 0 Å². The van der Waals surface area contributed by atoms with E-state index in [1.165, 1.54) is 12.1 Å². The number of benzene rings is 1. The van der Waals surface area contributed by atoms with Gasteiger partial charge in [0.05, 0.1) is 0 Å². The summed E-state index contributed by atoms with van der Waals surface area (Å²) >= 11 is 0. The molecule has 100 valence electrons. The molecule has 0 spiro atoms. The summed E-state index contributed by atoms with van der Waals surface area (Å²) in [6.45, 7) is 0. The Bertz CT molecular complexity index is 588. The van der Waals surface area contributed by atoms with E-state index >= 15 is 0 Å². The predicted octanol–water partition coefficient (Wildman–Crippen LogP) is 3.14. The van der Waals surface area contributed by atoms with Gasteiger partial charge in [-0.25, -0.2) is 4.39 Å². The second kappa shape index (κ2) is 4.99. The number of hydrogen-bond acceptors (Lipinski definition) is 4. The van der Waals surface area contributed by atoms with Gasteiger partial charge in [0.15, 0.2) is 5.58 Å². The molecule has 0 radical (unpaired) electrons. The Kier molecular flexibility index (Phi) is 3.19. The number of aromatic nitrogens is 1. The molecule has 0 atom stereocenters. The van der Waals surface area contributed by atoms with E-state index in [1.807, 2.05) is 0 Å². The van der Waals surface area contributed by atoms with Crippen LogP contribution < -0.4 is 5.32 Å². The second-order valence-corrected chi connectivity index (χ2v) is 5.02. The summed E-state index contributed by atoms with van der Waals surface area (Å²) in [4.78, 5) is 15.0. The van der Waals surface area contributed by atoms with Crippen molar-refractivity contribution in [3.8, 4) is 0 Å². The van der Waals surface area contributed by atoms with E-state index in [-0.39, 0.29) is 17.8 Å². The lowest BCUT2D eigenvalue weighted by atomic mass is 9.87. The quantitative estimate of drug-likeness (QED) is 0.863. The number of anilines is 1. The Morgan fingerprint density at radius 2 is 2.11 bits per heavy atom. The van der Waals surface area contributed by atoms with Crippen LogP contribution in [-0.4, -0.2) is 17.3 Å². The molecule has 1 N–H and O–H groups in total. The predicted molar refractivity (Wildman–Crippen MR) is 69.4 cm³/mol. The van der Waals surface area contributed by atoms with E-state index in [0.717, 1.165) is 32.0 Å². The summed E-state index contributed by atoms with van der Waals surface area (Å²) in [6.07, 6.45) is 4.69. The Morgan fingerprint density at radius 3 is 2.84 bits per heavy atom. The van der Waals surface area contributed by atoms with Crippen LogP contribution in [0, 0.1) is 11.7 Å². The fourth-order valence-corrected chi connectivity index (χ4v) is 2.53. The Labute approximate surface area is 110 Å². The lowest BCUT2D eigenvalue weighted by Crippen LogP contribution is -2.26. The number of carbonyl (C=O) groups excluding carboxylic acids is 1. The highest BCUT2D eigenvalue weighted by Gasteiger charge is 2.21. The summed E-state index contributed by atoms with van der Waals surface area (Å²) in [5, 5.41) is 3.22. The van der Waals surface area contributed by atoms with Crippen molar-refractivity contribution in [3.05, 3.63) is 24.0 Å². The molecule has 1 saturated carbocycles. The van der Waals surface area contributed by atoms with Gasteiger partial charge >= 0.3 is 0 Å². The molecule has 1 aliphatic rings. The molecule has 19 heavy (non-hydrogen) atoms. The maximum absolute atomic E-state index is 13.0. The Hall–Kier alpha value is -1.91. The molecule has 4 nitrogen and oxygen atoms in total. The third kappa shape index (κ3) is 2.59. The molecule has 0 aliphatic heterocycles. The summed E-state index contributed by atoms with van der Waals surface area (Å²) in [6, 6.07) is 4.99. The van der Waals surface area contributed by atoms with Crippen LogP contribution in [0.5, 0.6) is 0 Å². The third-order valence-corrected chi connectivity index (χ3v) is 3.64. The van der Waals surface area contributed by atoms with Crippen molar-refractivity contribution in [2.75, 3.05) is 5.32 Å². The standard InChI is InChI=1S/C14H15FN2O2/c15-10-3-6-12-13(7-10)19-14(17-12)16-11-4-1-9(8-18)2-5-11/h3,6-9,11H,1-2,4-5H2,(H,16,17). The van der Waals surface area contributed by atoms with Crippen LogP contribution in [0.1, 0.15) is 25.7 Å². The van der Waals surface area contributed by atoms with Crippen molar-refractivity contribution in [1.82, 2.24) is 4.98 Å². The normalized spacial score (nSPS) is 23.4. The topological polar surface area (TPSA) is 55.1 Å². The first kappa shape index (κ1) is 12.1. The molecule has 0 bridgehead atoms. The number of carbonyl (C=O) groups is 1. The summed E-state index contributed by atoms with van der Waals surface area (Å²) in [5.41, 5.74) is 1.09. The molecule has 0 amide bonds. The minimum atomic E-state index is -0.332. The number of rotatable bonds is 3. The Balaban J connectivity index is 1.70. The average molecular weight is 262 g/mol. The number of aldehydes is 1. The zero-order valence-electron chi connectivity index (χ0n) is 10.4. The molecule has 1 aromatic carbocycles. The highest BCUT2D eigenvalue weighted by atomic mass is 19.1. The summed E-state index contributed by atoms with van der Waals surface area (Å²) in [5.74, 6) is -0.141. The maximum atomic E-state index is 13.0. The van der Waals surface area contributed by atoms with Crippen LogP contribution in [0.4, 0.5) is 10.4 Å². The maximum Gasteiger partial charge on any atom is 0.295 e. The second-order valence-electron chi connectivity index (χ2n) is 5.02. The molecule has 5 heteroatoms. The Morgan fingerprint density at radius 1 is 1.32 bits per heavy atom. The van der Waals surface area contributed by atoms with Gasteiger partial charge in [0, 0.05) is 18.0 Å². The van der Waals surface area contributed by atoms with Gasteiger partial charge in [-0.3, -0.25) is 0 Å². The number of fused-ring (bicyclic) bond motifs is 1. The molecule has 1 fully saturated rings. The molecule has 1 aromatic heterocycles. The van der Waals surface area contributed by atoms with Crippen LogP contribution in [0.25, 0.3) is 11.1 Å². The zero-order chi connectivity index (χ0) is 13.2. The first-order valence-corrected chi connectivity index (χ1v) is 6.52. The van der Waals surface area contributed by atoms with Crippen LogP contribution in [-0.2, 0) is 4.79 Å². The van der Waals surface area contributed by atoms with Crippen molar-refractivity contribution in [3.63, 3.8) is 0 Å². The lowest BCUT2D eigenvalue weighted by molar-refractivity contribution is -0.111. The van der Waals surface area contributed by atoms with Gasteiger partial charge in [0.1, 0.15) is 17.6 Å². The fourth-order valence-electron chi connectivity index (χ4n) is 2.53. The van der Waals surface area contributed by atoms with E-state index in [4.69, 9.17) is 4.42 Å². The van der Waals surface area contributed by atoms with Gasteiger partial charge < -0.3 is 14.5 Å². The van der Waals surface area contributed by atoms with Crippen molar-refractivity contribution >= 4 is 23.4 Å². The zero-order valence-corrected chi connectivity index (χ0v) is 10.4. The molecular weight excluding hydrogens is 247 g/mol. The lowest BCUT2D eigenvalue weighted by Gasteiger charge is -2.25. The van der Waals surface area contributed by atoms with Gasteiger partial charge in [-0.15, -0.1) is 0 Å². The molecule has 0 unspecified atom stereocenters. The number of halogens is 1. The number of hydrogen-bond donors (Lipinski definition) is 1. The fraction of sp³-hybridized carbons (Fsp3) is 0.429. The van der Waals surface area contributed by atoms with Crippen LogP contribution >= 0.6 is 0 Å². The molecule has 2 aromatic rings. The van der Waals surface area contributed by atoms with Crippen LogP contribution in [0.15, 0.2) is 22.6 Å². The minimum absolute atomic E-state index is 0.191. The smallest absolute Gasteiger partial charge is 0.295 e. The molecule has 0 saturated heterocycles. The van der Waals surface area contributed by atoms with Gasteiger partial charge in [-0.2, -0.15) is 4.98 Å². The van der Waals surface area contributed by atoms with Crippen LogP contribution in [0.2, 0.25) is 0 Å². The average Bonchev–Trinajstić information content (AvgIpc) is 2.81. The van der Waals surface area contributed by atoms with Crippen LogP contribution in [0.3, 0.4) is 0 Å². The number of oxazole rings is 1. The molecule has 3 rings (SSSR count).